The molecule has 1 saturated heterocycles. The van der Waals surface area contributed by atoms with Crippen LogP contribution in [-0.4, -0.2) is 95.8 Å². The first-order chi connectivity index (χ1) is 13.4. The summed E-state index contributed by atoms with van der Waals surface area (Å²) in [7, 11) is 0. The van der Waals surface area contributed by atoms with Crippen LogP contribution in [0, 0.1) is 28.6 Å². The number of β-lactam (4-membered cyclic amide) rings is 1. The molecule has 3 heterocycles. The molecule has 0 spiro atoms. The number of amides is 2. The zero-order valence-corrected chi connectivity index (χ0v) is 15.6. The van der Waals surface area contributed by atoms with E-state index in [1.165, 1.54) is 18.0 Å². The second kappa shape index (κ2) is 9.93. The molecule has 2 amide bonds. The van der Waals surface area contributed by atoms with E-state index in [1.54, 1.807) is 19.1 Å². The Hall–Kier alpha value is -1.60. The Balaban J connectivity index is 0.00000300. The van der Waals surface area contributed by atoms with Gasteiger partial charge in [-0.15, -0.1) is 11.8 Å². The Bertz CT molecular complexity index is 919. The standard InChI is InChI=1S/C18H16N4O5S.K.H/c1-9-12(5-10(7-19)8-20)28-17-14(16(24)22(17)15(9)18(25)26)21-13(23)6-11-3-2-4-27-11;;/h2-4,10,12,14,17H,5-6H2,1H3,(H,21,23)(H,25,26);;/t12?,14?,17-;;/m1../s1. The van der Waals surface area contributed by atoms with Gasteiger partial charge in [0.1, 0.15) is 28.8 Å². The van der Waals surface area contributed by atoms with Crippen molar-refractivity contribution in [2.45, 2.75) is 36.4 Å². The summed E-state index contributed by atoms with van der Waals surface area (Å²) < 4.78 is 5.11. The van der Waals surface area contributed by atoms with Gasteiger partial charge in [-0.3, -0.25) is 14.5 Å². The number of carbonyl (C=O) groups excluding carboxylic acids is 2. The fourth-order valence-corrected chi connectivity index (χ4v) is 4.86. The SMILES string of the molecule is CC1=C(C(=O)O)N2C(=O)C(NC(=O)Cc3ccco3)[C@H]2SC1CC(C#N)C#N.[KH]. The van der Waals surface area contributed by atoms with Crippen LogP contribution in [0.1, 0.15) is 19.1 Å². The molecule has 1 aromatic heterocycles. The summed E-state index contributed by atoms with van der Waals surface area (Å²) in [5.41, 5.74) is 0.280. The normalized spacial score (nSPS) is 22.7. The third-order valence-corrected chi connectivity index (χ3v) is 6.28. The molecule has 0 saturated carbocycles. The molecule has 9 nitrogen and oxygen atoms in total. The quantitative estimate of drug-likeness (QED) is 0.476. The Morgan fingerprint density at radius 3 is 2.66 bits per heavy atom. The first-order valence-corrected chi connectivity index (χ1v) is 9.35. The molecule has 146 valence electrons. The van der Waals surface area contributed by atoms with Gasteiger partial charge in [0.05, 0.1) is 24.8 Å². The molecule has 2 aliphatic rings. The number of hydrogen-bond acceptors (Lipinski definition) is 7. The number of rotatable bonds is 6. The first-order valence-electron chi connectivity index (χ1n) is 8.41. The van der Waals surface area contributed by atoms with Crippen molar-refractivity contribution in [1.82, 2.24) is 10.2 Å². The average Bonchev–Trinajstić information content (AvgIpc) is 3.17. The van der Waals surface area contributed by atoms with E-state index >= 15 is 0 Å². The van der Waals surface area contributed by atoms with Gasteiger partial charge in [-0.25, -0.2) is 4.79 Å². The number of thioether (sulfide) groups is 1. The molecule has 3 atom stereocenters. The molecule has 29 heavy (non-hydrogen) atoms. The van der Waals surface area contributed by atoms with Gasteiger partial charge in [-0.05, 0) is 31.1 Å². The van der Waals surface area contributed by atoms with Crippen molar-refractivity contribution in [3.05, 3.63) is 35.4 Å². The Morgan fingerprint density at radius 2 is 2.10 bits per heavy atom. The van der Waals surface area contributed by atoms with Crippen molar-refractivity contribution >= 4 is 80.9 Å². The third kappa shape index (κ3) is 4.77. The van der Waals surface area contributed by atoms with Crippen LogP contribution in [0.15, 0.2) is 34.1 Å². The van der Waals surface area contributed by atoms with Crippen LogP contribution in [0.4, 0.5) is 0 Å². The number of carbonyl (C=O) groups is 3. The molecular formula is C18H17KN4O5S. The second-order valence-corrected chi connectivity index (χ2v) is 7.73. The van der Waals surface area contributed by atoms with Crippen LogP contribution in [0.25, 0.3) is 0 Å². The number of nitriles is 2. The van der Waals surface area contributed by atoms with Crippen molar-refractivity contribution in [3.8, 4) is 12.1 Å². The summed E-state index contributed by atoms with van der Waals surface area (Å²) in [4.78, 5) is 37.6. The first kappa shape index (κ1) is 23.7. The number of furan rings is 1. The van der Waals surface area contributed by atoms with Crippen molar-refractivity contribution in [2.75, 3.05) is 0 Å². The number of fused-ring (bicyclic) bond motifs is 1. The van der Waals surface area contributed by atoms with E-state index in [-0.39, 0.29) is 69.9 Å². The number of nitrogens with one attached hydrogen (secondary N) is 1. The Labute approximate surface area is 213 Å². The van der Waals surface area contributed by atoms with Gasteiger partial charge in [-0.2, -0.15) is 10.5 Å². The zero-order chi connectivity index (χ0) is 20.4. The molecule has 1 aromatic rings. The van der Waals surface area contributed by atoms with Crippen LogP contribution in [-0.2, 0) is 20.8 Å². The van der Waals surface area contributed by atoms with E-state index in [9.17, 15) is 19.5 Å². The molecule has 2 aliphatic heterocycles. The molecule has 2 N–H and O–H groups in total. The van der Waals surface area contributed by atoms with E-state index in [4.69, 9.17) is 14.9 Å². The minimum absolute atomic E-state index is 0. The van der Waals surface area contributed by atoms with E-state index in [1.807, 2.05) is 12.1 Å². The monoisotopic (exact) mass is 440 g/mol. The molecule has 0 radical (unpaired) electrons. The summed E-state index contributed by atoms with van der Waals surface area (Å²) in [5.74, 6) is -2.62. The molecule has 0 bridgehead atoms. The van der Waals surface area contributed by atoms with Gasteiger partial charge in [0.15, 0.2) is 0 Å². The summed E-state index contributed by atoms with van der Waals surface area (Å²) in [5, 5.41) is 29.2. The van der Waals surface area contributed by atoms with E-state index in [0.717, 1.165) is 4.90 Å². The molecule has 1 fully saturated rings. The summed E-state index contributed by atoms with van der Waals surface area (Å²) in [6.45, 7) is 1.58. The van der Waals surface area contributed by atoms with Crippen LogP contribution in [0.2, 0.25) is 0 Å². The summed E-state index contributed by atoms with van der Waals surface area (Å²) >= 11 is 1.27. The van der Waals surface area contributed by atoms with Crippen LogP contribution < -0.4 is 5.32 Å². The van der Waals surface area contributed by atoms with E-state index in [2.05, 4.69) is 5.32 Å². The molecule has 2 unspecified atom stereocenters. The Kier molecular flexibility index (Phi) is 8.11. The van der Waals surface area contributed by atoms with Crippen LogP contribution in [0.3, 0.4) is 0 Å². The molecule has 0 aliphatic carbocycles. The summed E-state index contributed by atoms with van der Waals surface area (Å²) in [6.07, 6.45) is 1.54. The number of carboxylic acids is 1. The predicted octanol–water partition coefficient (Wildman–Crippen LogP) is 0.354. The number of hydrogen-bond donors (Lipinski definition) is 2. The van der Waals surface area contributed by atoms with Crippen LogP contribution >= 0.6 is 11.8 Å². The zero-order valence-electron chi connectivity index (χ0n) is 14.8. The fraction of sp³-hybridized carbons (Fsp3) is 0.389. The fourth-order valence-electron chi connectivity index (χ4n) is 3.24. The van der Waals surface area contributed by atoms with Crippen molar-refractivity contribution in [1.29, 1.82) is 10.5 Å². The Morgan fingerprint density at radius 1 is 1.41 bits per heavy atom. The average molecular weight is 441 g/mol. The van der Waals surface area contributed by atoms with Gasteiger partial charge in [-0.1, -0.05) is 0 Å². The van der Waals surface area contributed by atoms with Crippen molar-refractivity contribution in [2.24, 2.45) is 5.92 Å². The molecule has 11 heteroatoms. The van der Waals surface area contributed by atoms with Gasteiger partial charge in [0, 0.05) is 5.25 Å². The van der Waals surface area contributed by atoms with E-state index in [0.29, 0.717) is 11.3 Å². The van der Waals surface area contributed by atoms with Gasteiger partial charge >= 0.3 is 57.4 Å². The maximum absolute atomic E-state index is 12.5. The topological polar surface area (TPSA) is 147 Å². The van der Waals surface area contributed by atoms with Crippen LogP contribution in [0.5, 0.6) is 0 Å². The maximum atomic E-state index is 12.5. The molecule has 3 rings (SSSR count). The van der Waals surface area contributed by atoms with E-state index < -0.39 is 40.4 Å². The van der Waals surface area contributed by atoms with Gasteiger partial charge in [0.25, 0.3) is 5.91 Å². The summed E-state index contributed by atoms with van der Waals surface area (Å²) in [6, 6.07) is 6.17. The predicted molar refractivity (Wildman–Crippen MR) is 103 cm³/mol. The second-order valence-electron chi connectivity index (χ2n) is 6.41. The number of carboxylic acid groups (broad SMARTS) is 1. The third-order valence-electron chi connectivity index (χ3n) is 4.64. The number of nitrogens with zero attached hydrogens (tertiary/aromatic N) is 3. The van der Waals surface area contributed by atoms with Gasteiger partial charge in [0.2, 0.25) is 5.91 Å². The number of aliphatic carboxylic acids is 1. The molecule has 0 aromatic carbocycles. The molecular weight excluding hydrogens is 423 g/mol. The van der Waals surface area contributed by atoms with Crippen molar-refractivity contribution < 1.29 is 23.9 Å². The minimum atomic E-state index is -1.26. The van der Waals surface area contributed by atoms with Crippen molar-refractivity contribution in [3.63, 3.8) is 0 Å². The van der Waals surface area contributed by atoms with Gasteiger partial charge < -0.3 is 14.8 Å².